The lowest BCUT2D eigenvalue weighted by atomic mass is 9.94. The van der Waals surface area contributed by atoms with Crippen LogP contribution in [0.15, 0.2) is 35.4 Å². The lowest BCUT2D eigenvalue weighted by Gasteiger charge is -2.23. The van der Waals surface area contributed by atoms with E-state index >= 15 is 0 Å². The Morgan fingerprint density at radius 2 is 2.41 bits per heavy atom. The maximum absolute atomic E-state index is 12.1. The van der Waals surface area contributed by atoms with Gasteiger partial charge in [0.25, 0.3) is 0 Å². The number of benzene rings is 1. The minimum absolute atomic E-state index is 0.143. The number of fused-ring (bicyclic) bond motifs is 1. The van der Waals surface area contributed by atoms with Gasteiger partial charge in [0.1, 0.15) is 0 Å². The first-order chi connectivity index (χ1) is 10.7. The van der Waals surface area contributed by atoms with E-state index in [0.717, 1.165) is 30.7 Å². The summed E-state index contributed by atoms with van der Waals surface area (Å²) in [5.74, 6) is 1.02. The first-order valence-electron chi connectivity index (χ1n) is 7.56. The molecule has 3 rings (SSSR count). The molecule has 1 aliphatic carbocycles. The van der Waals surface area contributed by atoms with Crippen LogP contribution in [-0.2, 0) is 12.8 Å². The van der Waals surface area contributed by atoms with Crippen molar-refractivity contribution in [1.82, 2.24) is 15.5 Å². The molecule has 5 nitrogen and oxygen atoms in total. The molecule has 1 unspecified atom stereocenters. The third kappa shape index (κ3) is 3.62. The van der Waals surface area contributed by atoms with E-state index in [4.69, 9.17) is 0 Å². The Balaban J connectivity index is 1.56. The molecule has 6 heteroatoms. The highest BCUT2D eigenvalue weighted by molar-refractivity contribution is 7.99. The lowest BCUT2D eigenvalue weighted by Crippen LogP contribution is -2.41. The number of anilines is 1. The molecule has 1 aromatic heterocycles. The Labute approximate surface area is 134 Å². The first-order valence-corrected chi connectivity index (χ1v) is 8.54. The van der Waals surface area contributed by atoms with E-state index in [1.807, 2.05) is 24.4 Å². The molecule has 0 aliphatic heterocycles. The van der Waals surface area contributed by atoms with Crippen LogP contribution in [0.5, 0.6) is 0 Å². The number of amides is 2. The number of carbonyl (C=O) groups is 1. The van der Waals surface area contributed by atoms with Crippen LogP contribution in [-0.4, -0.2) is 28.0 Å². The van der Waals surface area contributed by atoms with Crippen molar-refractivity contribution in [3.63, 3.8) is 0 Å². The van der Waals surface area contributed by atoms with Crippen LogP contribution in [0.3, 0.4) is 0 Å². The number of nitrogens with one attached hydrogen (secondary N) is 3. The molecule has 1 atom stereocenters. The number of aromatic nitrogens is 2. The minimum Gasteiger partial charge on any atom is -0.335 e. The van der Waals surface area contributed by atoms with Crippen molar-refractivity contribution in [3.05, 3.63) is 41.7 Å². The molecule has 0 saturated carbocycles. The number of hydrogen-bond donors (Lipinski definition) is 3. The summed E-state index contributed by atoms with van der Waals surface area (Å²) in [4.78, 5) is 13.3. The predicted octanol–water partition coefficient (Wildman–Crippen LogP) is 3.20. The number of aromatic amines is 1. The van der Waals surface area contributed by atoms with Gasteiger partial charge in [-0.2, -0.15) is 5.10 Å². The molecule has 22 heavy (non-hydrogen) atoms. The SMILES string of the molecule is CCSc1cccc(NC(=O)NC2CCc3[nH]ncc3C2)c1. The van der Waals surface area contributed by atoms with Crippen molar-refractivity contribution in [3.8, 4) is 0 Å². The van der Waals surface area contributed by atoms with Crippen molar-refractivity contribution >= 4 is 23.5 Å². The van der Waals surface area contributed by atoms with E-state index in [9.17, 15) is 4.79 Å². The van der Waals surface area contributed by atoms with Gasteiger partial charge in [0.05, 0.1) is 6.20 Å². The number of hydrogen-bond acceptors (Lipinski definition) is 3. The topological polar surface area (TPSA) is 69.8 Å². The molecule has 2 amide bonds. The Morgan fingerprint density at radius 1 is 1.50 bits per heavy atom. The van der Waals surface area contributed by atoms with Crippen LogP contribution in [0.4, 0.5) is 10.5 Å². The van der Waals surface area contributed by atoms with Crippen LogP contribution < -0.4 is 10.6 Å². The van der Waals surface area contributed by atoms with Crippen molar-refractivity contribution in [2.24, 2.45) is 0 Å². The largest absolute Gasteiger partial charge is 0.335 e. The predicted molar refractivity (Wildman–Crippen MR) is 89.4 cm³/mol. The zero-order valence-electron chi connectivity index (χ0n) is 12.6. The molecular weight excluding hydrogens is 296 g/mol. The second kappa shape index (κ2) is 6.87. The molecule has 116 valence electrons. The highest BCUT2D eigenvalue weighted by Gasteiger charge is 2.21. The Morgan fingerprint density at radius 3 is 3.27 bits per heavy atom. The van der Waals surface area contributed by atoms with Crippen molar-refractivity contribution in [1.29, 1.82) is 0 Å². The smallest absolute Gasteiger partial charge is 0.319 e. The maximum atomic E-state index is 12.1. The second-order valence-electron chi connectivity index (χ2n) is 5.37. The fourth-order valence-corrected chi connectivity index (χ4v) is 3.44. The monoisotopic (exact) mass is 316 g/mol. The molecule has 2 aromatic rings. The van der Waals surface area contributed by atoms with E-state index in [1.165, 1.54) is 16.2 Å². The van der Waals surface area contributed by atoms with Gasteiger partial charge in [-0.15, -0.1) is 11.8 Å². The molecule has 0 saturated heterocycles. The number of H-pyrrole nitrogens is 1. The molecule has 0 radical (unpaired) electrons. The van der Waals surface area contributed by atoms with Crippen molar-refractivity contribution in [2.45, 2.75) is 37.1 Å². The summed E-state index contributed by atoms with van der Waals surface area (Å²) < 4.78 is 0. The fourth-order valence-electron chi connectivity index (χ4n) is 2.72. The van der Waals surface area contributed by atoms with E-state index < -0.39 is 0 Å². The summed E-state index contributed by atoms with van der Waals surface area (Å²) in [6.07, 6.45) is 4.56. The molecule has 0 bridgehead atoms. The van der Waals surface area contributed by atoms with E-state index in [1.54, 1.807) is 11.8 Å². The Hall–Kier alpha value is -1.95. The molecule has 0 fully saturated rings. The number of urea groups is 1. The summed E-state index contributed by atoms with van der Waals surface area (Å²) in [6.45, 7) is 2.12. The van der Waals surface area contributed by atoms with Gasteiger partial charge >= 0.3 is 6.03 Å². The number of carbonyl (C=O) groups excluding carboxylic acids is 1. The quantitative estimate of drug-likeness (QED) is 0.759. The highest BCUT2D eigenvalue weighted by Crippen LogP contribution is 2.22. The van der Waals surface area contributed by atoms with Gasteiger partial charge in [0, 0.05) is 22.3 Å². The molecule has 0 spiro atoms. The number of aryl methyl sites for hydroxylation is 1. The fraction of sp³-hybridized carbons (Fsp3) is 0.375. The van der Waals surface area contributed by atoms with Crippen LogP contribution >= 0.6 is 11.8 Å². The second-order valence-corrected chi connectivity index (χ2v) is 6.71. The lowest BCUT2D eigenvalue weighted by molar-refractivity contribution is 0.247. The molecule has 3 N–H and O–H groups in total. The zero-order chi connectivity index (χ0) is 15.4. The molecular formula is C16H20N4OS. The van der Waals surface area contributed by atoms with Gasteiger partial charge in [0.15, 0.2) is 0 Å². The Bertz CT molecular complexity index is 655. The summed E-state index contributed by atoms with van der Waals surface area (Å²) in [5, 5.41) is 13.0. The van der Waals surface area contributed by atoms with Crippen LogP contribution in [0.25, 0.3) is 0 Å². The summed E-state index contributed by atoms with van der Waals surface area (Å²) in [7, 11) is 0. The zero-order valence-corrected chi connectivity index (χ0v) is 13.4. The van der Waals surface area contributed by atoms with Crippen LogP contribution in [0, 0.1) is 0 Å². The average molecular weight is 316 g/mol. The van der Waals surface area contributed by atoms with Gasteiger partial charge in [-0.3, -0.25) is 5.10 Å². The normalized spacial score (nSPS) is 16.9. The van der Waals surface area contributed by atoms with Gasteiger partial charge in [-0.25, -0.2) is 4.79 Å². The summed E-state index contributed by atoms with van der Waals surface area (Å²) in [5.41, 5.74) is 3.23. The van der Waals surface area contributed by atoms with Crippen LogP contribution in [0.2, 0.25) is 0 Å². The van der Waals surface area contributed by atoms with Crippen LogP contribution in [0.1, 0.15) is 24.6 Å². The van der Waals surface area contributed by atoms with E-state index in [-0.39, 0.29) is 12.1 Å². The van der Waals surface area contributed by atoms with Crippen molar-refractivity contribution < 1.29 is 4.79 Å². The highest BCUT2D eigenvalue weighted by atomic mass is 32.2. The third-order valence-electron chi connectivity index (χ3n) is 3.75. The molecule has 1 heterocycles. The summed E-state index contributed by atoms with van der Waals surface area (Å²) >= 11 is 1.76. The number of thioether (sulfide) groups is 1. The van der Waals surface area contributed by atoms with Gasteiger partial charge in [-0.1, -0.05) is 13.0 Å². The molecule has 1 aliphatic rings. The first kappa shape index (κ1) is 15.0. The van der Waals surface area contributed by atoms with Gasteiger partial charge < -0.3 is 10.6 Å². The molecule has 1 aromatic carbocycles. The Kier molecular flexibility index (Phi) is 4.68. The van der Waals surface area contributed by atoms with E-state index in [2.05, 4.69) is 33.8 Å². The average Bonchev–Trinajstić information content (AvgIpc) is 2.95. The maximum Gasteiger partial charge on any atom is 0.319 e. The summed E-state index contributed by atoms with van der Waals surface area (Å²) in [6, 6.07) is 7.95. The van der Waals surface area contributed by atoms with E-state index in [0.29, 0.717) is 0 Å². The number of nitrogens with zero attached hydrogens (tertiary/aromatic N) is 1. The van der Waals surface area contributed by atoms with Gasteiger partial charge in [0.2, 0.25) is 0 Å². The van der Waals surface area contributed by atoms with Gasteiger partial charge in [-0.05, 0) is 48.8 Å². The van der Waals surface area contributed by atoms with Crippen molar-refractivity contribution in [2.75, 3.05) is 11.1 Å². The number of rotatable bonds is 4. The standard InChI is InChI=1S/C16H20N4OS/c1-2-22-14-5-3-4-12(9-14)18-16(21)19-13-6-7-15-11(8-13)10-17-20-15/h3-5,9-10,13H,2,6-8H2,1H3,(H,17,20)(H2,18,19,21). The minimum atomic E-state index is -0.143. The third-order valence-corrected chi connectivity index (χ3v) is 4.63.